The zero-order chi connectivity index (χ0) is 17.5. The van der Waals surface area contributed by atoms with Crippen LogP contribution in [0.25, 0.3) is 5.57 Å². The van der Waals surface area contributed by atoms with E-state index >= 15 is 0 Å². The lowest BCUT2D eigenvalue weighted by Gasteiger charge is -2.18. The molecule has 1 atom stereocenters. The molecule has 1 N–H and O–H groups in total. The molecule has 2 aromatic carbocycles. The minimum absolute atomic E-state index is 0.244. The Hall–Kier alpha value is -2.59. The molecule has 0 aliphatic carbocycles. The Kier molecular flexibility index (Phi) is 6.15. The van der Waals surface area contributed by atoms with Crippen molar-refractivity contribution >= 4 is 11.5 Å². The number of esters is 1. The van der Waals surface area contributed by atoms with Crippen molar-refractivity contribution in [1.29, 1.82) is 0 Å². The van der Waals surface area contributed by atoms with E-state index in [0.717, 1.165) is 11.3 Å². The first kappa shape index (κ1) is 17.8. The average molecular weight is 326 g/mol. The Morgan fingerprint density at radius 1 is 1.08 bits per heavy atom. The second kappa shape index (κ2) is 8.31. The topological polar surface area (TPSA) is 55.8 Å². The van der Waals surface area contributed by atoms with E-state index in [-0.39, 0.29) is 12.2 Å². The quantitative estimate of drug-likeness (QED) is 0.648. The normalized spacial score (nSPS) is 13.0. The maximum Gasteiger partial charge on any atom is 0.337 e. The second-order valence-corrected chi connectivity index (χ2v) is 5.30. The first-order valence-corrected chi connectivity index (χ1v) is 7.83. The Morgan fingerprint density at radius 3 is 2.25 bits per heavy atom. The fraction of sp³-hybridized carbons (Fsp3) is 0.250. The number of carbonyl (C=O) groups is 1. The van der Waals surface area contributed by atoms with Gasteiger partial charge < -0.3 is 14.6 Å². The lowest BCUT2D eigenvalue weighted by atomic mass is 9.93. The number of ether oxygens (including phenoxy) is 2. The van der Waals surface area contributed by atoms with Crippen LogP contribution in [0.2, 0.25) is 0 Å². The fourth-order valence-electron chi connectivity index (χ4n) is 2.48. The summed E-state index contributed by atoms with van der Waals surface area (Å²) in [5.41, 5.74) is 2.39. The lowest BCUT2D eigenvalue weighted by molar-refractivity contribution is -0.139. The van der Waals surface area contributed by atoms with Crippen LogP contribution in [0.15, 0.2) is 60.2 Å². The third-order valence-corrected chi connectivity index (χ3v) is 3.81. The van der Waals surface area contributed by atoms with Crippen LogP contribution in [-0.2, 0) is 9.53 Å². The number of methoxy groups -OCH3 is 1. The highest BCUT2D eigenvalue weighted by molar-refractivity contribution is 5.98. The van der Waals surface area contributed by atoms with Crippen LogP contribution in [0, 0.1) is 0 Å². The molecule has 126 valence electrons. The van der Waals surface area contributed by atoms with Gasteiger partial charge in [-0.05, 0) is 42.7 Å². The molecule has 2 rings (SSSR count). The van der Waals surface area contributed by atoms with Crippen molar-refractivity contribution in [2.45, 2.75) is 20.0 Å². The van der Waals surface area contributed by atoms with Crippen molar-refractivity contribution in [2.75, 3.05) is 13.7 Å². The first-order chi connectivity index (χ1) is 11.6. The molecule has 0 heterocycles. The van der Waals surface area contributed by atoms with Gasteiger partial charge in [0.15, 0.2) is 0 Å². The number of hydrogen-bond acceptors (Lipinski definition) is 4. The van der Waals surface area contributed by atoms with Crippen molar-refractivity contribution < 1.29 is 19.4 Å². The number of rotatable bonds is 6. The molecule has 0 saturated carbocycles. The summed E-state index contributed by atoms with van der Waals surface area (Å²) < 4.78 is 10.3. The number of carbonyl (C=O) groups excluding carboxylic acids is 1. The summed E-state index contributed by atoms with van der Waals surface area (Å²) in [7, 11) is 1.60. The van der Waals surface area contributed by atoms with Crippen LogP contribution in [-0.4, -0.2) is 24.8 Å². The van der Waals surface area contributed by atoms with E-state index in [1.54, 1.807) is 33.1 Å². The van der Waals surface area contributed by atoms with E-state index in [2.05, 4.69) is 0 Å². The molecule has 24 heavy (non-hydrogen) atoms. The van der Waals surface area contributed by atoms with Crippen molar-refractivity contribution in [2.24, 2.45) is 0 Å². The van der Waals surface area contributed by atoms with E-state index in [9.17, 15) is 9.90 Å². The van der Waals surface area contributed by atoms with Crippen molar-refractivity contribution in [3.63, 3.8) is 0 Å². The molecule has 2 aromatic rings. The summed E-state index contributed by atoms with van der Waals surface area (Å²) >= 11 is 0. The molecule has 0 bridgehead atoms. The highest BCUT2D eigenvalue weighted by Crippen LogP contribution is 2.30. The number of hydrogen-bond donors (Lipinski definition) is 1. The minimum atomic E-state index is -1.05. The zero-order valence-electron chi connectivity index (χ0n) is 14.2. The summed E-state index contributed by atoms with van der Waals surface area (Å²) in [5.74, 6) is 0.218. The van der Waals surface area contributed by atoms with Crippen molar-refractivity contribution in [3.8, 4) is 5.75 Å². The summed E-state index contributed by atoms with van der Waals surface area (Å²) in [5, 5.41) is 10.7. The zero-order valence-corrected chi connectivity index (χ0v) is 14.2. The summed E-state index contributed by atoms with van der Waals surface area (Å²) in [6.45, 7) is 3.80. The van der Waals surface area contributed by atoms with Gasteiger partial charge in [0.1, 0.15) is 11.9 Å². The van der Waals surface area contributed by atoms with Gasteiger partial charge in [-0.15, -0.1) is 0 Å². The molecule has 4 heteroatoms. The maximum absolute atomic E-state index is 12.4. The van der Waals surface area contributed by atoms with Gasteiger partial charge in [0.05, 0.1) is 19.3 Å². The number of allylic oxidation sites excluding steroid dienone is 1. The van der Waals surface area contributed by atoms with Gasteiger partial charge in [-0.2, -0.15) is 0 Å². The van der Waals surface area contributed by atoms with Gasteiger partial charge in [0, 0.05) is 0 Å². The Morgan fingerprint density at radius 2 is 1.71 bits per heavy atom. The van der Waals surface area contributed by atoms with E-state index < -0.39 is 12.1 Å². The van der Waals surface area contributed by atoms with Crippen LogP contribution in [0.4, 0.5) is 0 Å². The largest absolute Gasteiger partial charge is 0.497 e. The van der Waals surface area contributed by atoms with Gasteiger partial charge in [0.2, 0.25) is 0 Å². The molecule has 0 amide bonds. The van der Waals surface area contributed by atoms with Gasteiger partial charge in [-0.3, -0.25) is 0 Å². The monoisotopic (exact) mass is 326 g/mol. The van der Waals surface area contributed by atoms with Crippen LogP contribution >= 0.6 is 0 Å². The minimum Gasteiger partial charge on any atom is -0.497 e. The SMILES string of the molecule is CCOC(=O)/C(=C(/C)c1ccc(OC)cc1)C(O)c1ccccc1. The van der Waals surface area contributed by atoms with Crippen LogP contribution < -0.4 is 4.74 Å². The number of aliphatic hydroxyl groups excluding tert-OH is 1. The molecule has 4 nitrogen and oxygen atoms in total. The highest BCUT2D eigenvalue weighted by atomic mass is 16.5. The molecule has 0 fully saturated rings. The van der Waals surface area contributed by atoms with Gasteiger partial charge >= 0.3 is 5.97 Å². The molecule has 0 saturated heterocycles. The van der Waals surface area contributed by atoms with Crippen molar-refractivity contribution in [3.05, 3.63) is 71.3 Å². The number of benzene rings is 2. The van der Waals surface area contributed by atoms with Crippen LogP contribution in [0.5, 0.6) is 5.75 Å². The lowest BCUT2D eigenvalue weighted by Crippen LogP contribution is -2.16. The van der Waals surface area contributed by atoms with E-state index in [0.29, 0.717) is 11.1 Å². The van der Waals surface area contributed by atoms with Gasteiger partial charge in [0.25, 0.3) is 0 Å². The van der Waals surface area contributed by atoms with Crippen LogP contribution in [0.3, 0.4) is 0 Å². The van der Waals surface area contributed by atoms with E-state index in [4.69, 9.17) is 9.47 Å². The predicted octanol–water partition coefficient (Wildman–Crippen LogP) is 3.77. The summed E-state index contributed by atoms with van der Waals surface area (Å²) in [4.78, 5) is 12.4. The van der Waals surface area contributed by atoms with E-state index in [1.165, 1.54) is 0 Å². The third-order valence-electron chi connectivity index (χ3n) is 3.81. The molecule has 0 aliphatic heterocycles. The third kappa shape index (κ3) is 4.03. The molecule has 0 aromatic heterocycles. The molecule has 1 unspecified atom stereocenters. The Balaban J connectivity index is 2.49. The summed E-state index contributed by atoms with van der Waals surface area (Å²) in [6.07, 6.45) is -1.05. The molecule has 0 spiro atoms. The van der Waals surface area contributed by atoms with Gasteiger partial charge in [-0.1, -0.05) is 42.5 Å². The van der Waals surface area contributed by atoms with E-state index in [1.807, 2.05) is 42.5 Å². The fourth-order valence-corrected chi connectivity index (χ4v) is 2.48. The molecule has 0 aliphatic rings. The molecular weight excluding hydrogens is 304 g/mol. The Labute approximate surface area is 142 Å². The smallest absolute Gasteiger partial charge is 0.337 e. The van der Waals surface area contributed by atoms with Crippen molar-refractivity contribution in [1.82, 2.24) is 0 Å². The average Bonchev–Trinajstić information content (AvgIpc) is 2.62. The van der Waals surface area contributed by atoms with Crippen LogP contribution in [0.1, 0.15) is 31.1 Å². The van der Waals surface area contributed by atoms with Gasteiger partial charge in [-0.25, -0.2) is 4.79 Å². The standard InChI is InChI=1S/C20H22O4/c1-4-24-20(22)18(19(21)16-8-6-5-7-9-16)14(2)15-10-12-17(23-3)13-11-15/h5-13,19,21H,4H2,1-3H3/b18-14-. The highest BCUT2D eigenvalue weighted by Gasteiger charge is 2.24. The maximum atomic E-state index is 12.4. The summed E-state index contributed by atoms with van der Waals surface area (Å²) in [6, 6.07) is 16.4. The first-order valence-electron chi connectivity index (χ1n) is 7.83. The number of aliphatic hydroxyl groups is 1. The molecular formula is C20H22O4. The molecule has 0 radical (unpaired) electrons. The predicted molar refractivity (Wildman–Crippen MR) is 93.6 cm³/mol. The second-order valence-electron chi connectivity index (χ2n) is 5.30. The Bertz CT molecular complexity index is 702.